The highest BCUT2D eigenvalue weighted by atomic mass is 19.1. The lowest BCUT2D eigenvalue weighted by Gasteiger charge is -2.30. The van der Waals surface area contributed by atoms with Crippen LogP contribution >= 0.6 is 0 Å². The number of allylic oxidation sites excluding steroid dienone is 2. The first kappa shape index (κ1) is 29.2. The summed E-state index contributed by atoms with van der Waals surface area (Å²) in [6.07, 6.45) is 29.1. The van der Waals surface area contributed by atoms with E-state index in [0.29, 0.717) is 12.4 Å². The van der Waals surface area contributed by atoms with Crippen LogP contribution in [0, 0.1) is 23.6 Å². The minimum Gasteiger partial charge on any atom is -0.491 e. The summed E-state index contributed by atoms with van der Waals surface area (Å²) in [7, 11) is 0. The lowest BCUT2D eigenvalue weighted by molar-refractivity contribution is 0.234. The maximum absolute atomic E-state index is 14.4. The Morgan fingerprint density at radius 2 is 1.44 bits per heavy atom. The SMILES string of the molecule is CCCCCCOc1ccc(CCC2=CCC(CCC3CCC(CCCCCC)CC3)CC2)cc1F. The van der Waals surface area contributed by atoms with E-state index in [9.17, 15) is 4.39 Å². The van der Waals surface area contributed by atoms with E-state index in [-0.39, 0.29) is 5.82 Å². The van der Waals surface area contributed by atoms with Gasteiger partial charge < -0.3 is 4.74 Å². The molecule has 0 spiro atoms. The average Bonchev–Trinajstić information content (AvgIpc) is 2.91. The van der Waals surface area contributed by atoms with Gasteiger partial charge in [-0.3, -0.25) is 0 Å². The summed E-state index contributed by atoms with van der Waals surface area (Å²) in [5, 5.41) is 0. The second-order valence-electron chi connectivity index (χ2n) is 12.0. The third-order valence-corrected chi connectivity index (χ3v) is 9.02. The zero-order chi connectivity index (χ0) is 25.4. The molecule has 3 rings (SSSR count). The van der Waals surface area contributed by atoms with Gasteiger partial charge in [-0.25, -0.2) is 4.39 Å². The Kier molecular flexibility index (Phi) is 14.0. The number of hydrogen-bond acceptors (Lipinski definition) is 1. The van der Waals surface area contributed by atoms with E-state index in [1.807, 2.05) is 6.07 Å². The zero-order valence-corrected chi connectivity index (χ0v) is 23.7. The predicted octanol–water partition coefficient (Wildman–Crippen LogP) is 11.0. The van der Waals surface area contributed by atoms with Crippen molar-refractivity contribution in [3.8, 4) is 5.75 Å². The second-order valence-corrected chi connectivity index (χ2v) is 12.0. The van der Waals surface area contributed by atoms with Crippen molar-refractivity contribution in [2.75, 3.05) is 6.61 Å². The third-order valence-electron chi connectivity index (χ3n) is 9.02. The molecule has 2 heteroatoms. The molecule has 1 saturated carbocycles. The van der Waals surface area contributed by atoms with Crippen molar-refractivity contribution in [1.82, 2.24) is 0 Å². The molecule has 0 saturated heterocycles. The topological polar surface area (TPSA) is 9.23 Å². The fourth-order valence-corrected chi connectivity index (χ4v) is 6.40. The van der Waals surface area contributed by atoms with E-state index in [4.69, 9.17) is 4.74 Å². The van der Waals surface area contributed by atoms with Crippen LogP contribution in [-0.2, 0) is 6.42 Å². The molecule has 36 heavy (non-hydrogen) atoms. The van der Waals surface area contributed by atoms with Crippen LogP contribution in [0.15, 0.2) is 29.8 Å². The van der Waals surface area contributed by atoms with Crippen molar-refractivity contribution in [2.45, 2.75) is 142 Å². The van der Waals surface area contributed by atoms with E-state index in [1.165, 1.54) is 103 Å². The Bertz CT molecular complexity index is 746. The molecule has 1 aromatic rings. The molecule has 0 N–H and O–H groups in total. The standard InChI is InChI=1S/C34H55FO/c1-3-5-7-9-11-28-12-14-29(15-13-28)16-17-30-18-20-31(21-19-30)22-23-32-24-25-34(33(35)27-32)36-26-10-8-6-4-2/h20,24-25,27-30H,3-19,21-23,26H2,1-2H3. The maximum atomic E-state index is 14.4. The van der Waals surface area contributed by atoms with Crippen LogP contribution in [0.4, 0.5) is 4.39 Å². The summed E-state index contributed by atoms with van der Waals surface area (Å²) in [6, 6.07) is 5.57. The fourth-order valence-electron chi connectivity index (χ4n) is 6.40. The smallest absolute Gasteiger partial charge is 0.165 e. The molecule has 2 aliphatic carbocycles. The molecule has 204 valence electrons. The molecule has 0 aliphatic heterocycles. The lowest BCUT2D eigenvalue weighted by atomic mass is 9.76. The Morgan fingerprint density at radius 3 is 2.11 bits per heavy atom. The van der Waals surface area contributed by atoms with E-state index in [2.05, 4.69) is 26.0 Å². The van der Waals surface area contributed by atoms with Gasteiger partial charge in [0.05, 0.1) is 6.61 Å². The third kappa shape index (κ3) is 11.0. The Labute approximate surface area is 222 Å². The van der Waals surface area contributed by atoms with E-state index in [0.717, 1.165) is 49.0 Å². The van der Waals surface area contributed by atoms with Crippen LogP contribution in [0.3, 0.4) is 0 Å². The summed E-state index contributed by atoms with van der Waals surface area (Å²) >= 11 is 0. The minimum atomic E-state index is -0.203. The minimum absolute atomic E-state index is 0.203. The molecule has 1 nitrogen and oxygen atoms in total. The molecule has 2 aliphatic rings. The summed E-state index contributed by atoms with van der Waals surface area (Å²) in [5.41, 5.74) is 2.68. The van der Waals surface area contributed by atoms with Crippen LogP contribution in [0.5, 0.6) is 5.75 Å². The van der Waals surface area contributed by atoms with Gasteiger partial charge in [0, 0.05) is 0 Å². The Balaban J connectivity index is 1.28. The average molecular weight is 499 g/mol. The van der Waals surface area contributed by atoms with Gasteiger partial charge in [0.1, 0.15) is 0 Å². The Hall–Kier alpha value is -1.31. The molecule has 0 heterocycles. The highest BCUT2D eigenvalue weighted by Crippen LogP contribution is 2.37. The lowest BCUT2D eigenvalue weighted by Crippen LogP contribution is -2.16. The quantitative estimate of drug-likeness (QED) is 0.153. The first-order valence-electron chi connectivity index (χ1n) is 15.8. The van der Waals surface area contributed by atoms with Gasteiger partial charge in [-0.1, -0.05) is 115 Å². The summed E-state index contributed by atoms with van der Waals surface area (Å²) < 4.78 is 20.1. The first-order valence-corrected chi connectivity index (χ1v) is 15.8. The van der Waals surface area contributed by atoms with Crippen molar-refractivity contribution in [1.29, 1.82) is 0 Å². The molecular formula is C34H55FO. The van der Waals surface area contributed by atoms with Crippen LogP contribution in [0.25, 0.3) is 0 Å². The van der Waals surface area contributed by atoms with E-state index in [1.54, 1.807) is 11.6 Å². The first-order chi connectivity index (χ1) is 17.7. The second kappa shape index (κ2) is 17.2. The van der Waals surface area contributed by atoms with Gasteiger partial charge in [0.15, 0.2) is 11.6 Å². The van der Waals surface area contributed by atoms with Crippen molar-refractivity contribution >= 4 is 0 Å². The summed E-state index contributed by atoms with van der Waals surface area (Å²) in [6.45, 7) is 5.12. The van der Waals surface area contributed by atoms with Crippen molar-refractivity contribution in [3.05, 3.63) is 41.2 Å². The maximum Gasteiger partial charge on any atom is 0.165 e. The fraction of sp³-hybridized carbons (Fsp3) is 0.765. The zero-order valence-electron chi connectivity index (χ0n) is 23.7. The highest BCUT2D eigenvalue weighted by Gasteiger charge is 2.22. The number of rotatable bonds is 17. The van der Waals surface area contributed by atoms with Crippen molar-refractivity contribution in [2.24, 2.45) is 17.8 Å². The number of benzene rings is 1. The molecule has 1 fully saturated rings. The van der Waals surface area contributed by atoms with Gasteiger partial charge in [-0.05, 0) is 80.4 Å². The molecule has 1 atom stereocenters. The van der Waals surface area contributed by atoms with Gasteiger partial charge >= 0.3 is 0 Å². The van der Waals surface area contributed by atoms with Gasteiger partial charge in [-0.15, -0.1) is 0 Å². The van der Waals surface area contributed by atoms with Gasteiger partial charge in [-0.2, -0.15) is 0 Å². The van der Waals surface area contributed by atoms with Gasteiger partial charge in [0.2, 0.25) is 0 Å². The van der Waals surface area contributed by atoms with E-state index < -0.39 is 0 Å². The van der Waals surface area contributed by atoms with Crippen LogP contribution in [-0.4, -0.2) is 6.61 Å². The normalized spacial score (nSPS) is 22.4. The molecule has 1 aromatic carbocycles. The molecule has 1 unspecified atom stereocenters. The highest BCUT2D eigenvalue weighted by molar-refractivity contribution is 5.30. The molecule has 0 aromatic heterocycles. The molecular weight excluding hydrogens is 443 g/mol. The number of aryl methyl sites for hydroxylation is 1. The number of unbranched alkanes of at least 4 members (excludes halogenated alkanes) is 6. The molecule has 0 bridgehead atoms. The monoisotopic (exact) mass is 498 g/mol. The molecule has 0 radical (unpaired) electrons. The summed E-state index contributed by atoms with van der Waals surface area (Å²) in [4.78, 5) is 0. The number of ether oxygens (including phenoxy) is 1. The number of hydrogen-bond donors (Lipinski definition) is 0. The largest absolute Gasteiger partial charge is 0.491 e. The number of halogens is 1. The van der Waals surface area contributed by atoms with Gasteiger partial charge in [0.25, 0.3) is 0 Å². The van der Waals surface area contributed by atoms with E-state index >= 15 is 0 Å². The predicted molar refractivity (Wildman–Crippen MR) is 153 cm³/mol. The summed E-state index contributed by atoms with van der Waals surface area (Å²) in [5.74, 6) is 3.14. The van der Waals surface area contributed by atoms with Crippen molar-refractivity contribution in [3.63, 3.8) is 0 Å². The molecule has 0 amide bonds. The van der Waals surface area contributed by atoms with Crippen LogP contribution in [0.2, 0.25) is 0 Å². The van der Waals surface area contributed by atoms with Crippen LogP contribution < -0.4 is 4.74 Å². The Morgan fingerprint density at radius 1 is 0.750 bits per heavy atom. The van der Waals surface area contributed by atoms with Crippen molar-refractivity contribution < 1.29 is 9.13 Å². The van der Waals surface area contributed by atoms with Crippen LogP contribution in [0.1, 0.15) is 141 Å².